The molecule has 0 heterocycles. The largest absolute Gasteiger partial charge is 0.495 e. The first-order chi connectivity index (χ1) is 14.3. The number of hydrogen-bond acceptors (Lipinski definition) is 4. The summed E-state index contributed by atoms with van der Waals surface area (Å²) >= 11 is 6.01. The number of benzene rings is 3. The lowest BCUT2D eigenvalue weighted by molar-refractivity contribution is 0.102. The zero-order valence-electron chi connectivity index (χ0n) is 16.5. The molecule has 0 saturated carbocycles. The van der Waals surface area contributed by atoms with Crippen LogP contribution in [0.2, 0.25) is 5.02 Å². The predicted molar refractivity (Wildman–Crippen MR) is 118 cm³/mol. The van der Waals surface area contributed by atoms with Gasteiger partial charge in [0.15, 0.2) is 0 Å². The number of carbonyl (C=O) groups is 1. The normalized spacial score (nSPS) is 11.2. The van der Waals surface area contributed by atoms with Crippen molar-refractivity contribution in [2.24, 2.45) is 0 Å². The van der Waals surface area contributed by atoms with Gasteiger partial charge in [-0.2, -0.15) is 0 Å². The molecule has 8 heteroatoms. The maximum atomic E-state index is 12.8. The third-order valence-corrected chi connectivity index (χ3v) is 6.12. The van der Waals surface area contributed by atoms with Gasteiger partial charge in [-0.1, -0.05) is 48.0 Å². The van der Waals surface area contributed by atoms with Gasteiger partial charge in [0.2, 0.25) is 10.0 Å². The smallest absolute Gasteiger partial charge is 0.256 e. The lowest BCUT2D eigenvalue weighted by Gasteiger charge is -2.13. The Balaban J connectivity index is 1.84. The Morgan fingerprint density at radius 2 is 1.77 bits per heavy atom. The van der Waals surface area contributed by atoms with Gasteiger partial charge in [-0.25, -0.2) is 13.1 Å². The van der Waals surface area contributed by atoms with E-state index in [1.165, 1.54) is 19.2 Å². The van der Waals surface area contributed by atoms with E-state index in [-0.39, 0.29) is 17.0 Å². The quantitative estimate of drug-likeness (QED) is 0.566. The molecule has 1 amide bonds. The molecular weight excluding hydrogens is 424 g/mol. The number of nitrogens with one attached hydrogen (secondary N) is 2. The zero-order valence-corrected chi connectivity index (χ0v) is 18.0. The molecule has 2 N–H and O–H groups in total. The van der Waals surface area contributed by atoms with Crippen LogP contribution in [0.4, 0.5) is 5.69 Å². The van der Waals surface area contributed by atoms with Crippen LogP contribution in [0.15, 0.2) is 71.6 Å². The number of carbonyl (C=O) groups excluding carboxylic acids is 1. The summed E-state index contributed by atoms with van der Waals surface area (Å²) < 4.78 is 33.2. The van der Waals surface area contributed by atoms with Crippen LogP contribution in [0.3, 0.4) is 0 Å². The predicted octanol–water partition coefficient (Wildman–Crippen LogP) is 4.39. The van der Waals surface area contributed by atoms with Gasteiger partial charge in [-0.05, 0) is 48.4 Å². The van der Waals surface area contributed by atoms with Gasteiger partial charge in [0, 0.05) is 17.1 Å². The van der Waals surface area contributed by atoms with Crippen LogP contribution in [0, 0.1) is 6.92 Å². The van der Waals surface area contributed by atoms with Crippen molar-refractivity contribution in [1.29, 1.82) is 0 Å². The lowest BCUT2D eigenvalue weighted by atomic mass is 10.1. The number of ether oxygens (including phenoxy) is 1. The van der Waals surface area contributed by atoms with Crippen LogP contribution in [0.5, 0.6) is 5.75 Å². The molecule has 3 aromatic carbocycles. The molecule has 0 aliphatic heterocycles. The Kier molecular flexibility index (Phi) is 6.77. The average molecular weight is 445 g/mol. The summed E-state index contributed by atoms with van der Waals surface area (Å²) in [5.41, 5.74) is 2.10. The van der Waals surface area contributed by atoms with Crippen molar-refractivity contribution in [1.82, 2.24) is 4.72 Å². The zero-order chi connectivity index (χ0) is 21.7. The number of halogens is 1. The van der Waals surface area contributed by atoms with E-state index in [0.717, 1.165) is 5.56 Å². The van der Waals surface area contributed by atoms with Crippen molar-refractivity contribution >= 4 is 33.2 Å². The fourth-order valence-corrected chi connectivity index (χ4v) is 4.05. The van der Waals surface area contributed by atoms with Crippen LogP contribution < -0.4 is 14.8 Å². The molecule has 6 nitrogen and oxygen atoms in total. The van der Waals surface area contributed by atoms with Crippen molar-refractivity contribution in [2.45, 2.75) is 18.4 Å². The van der Waals surface area contributed by atoms with Crippen LogP contribution >= 0.6 is 11.6 Å². The Morgan fingerprint density at radius 3 is 2.47 bits per heavy atom. The maximum absolute atomic E-state index is 12.8. The number of anilines is 1. The van der Waals surface area contributed by atoms with Crippen LogP contribution in [-0.4, -0.2) is 21.4 Å². The summed E-state index contributed by atoms with van der Waals surface area (Å²) in [6, 6.07) is 18.5. The lowest BCUT2D eigenvalue weighted by Crippen LogP contribution is -2.24. The number of hydrogen-bond donors (Lipinski definition) is 2. The molecule has 0 bridgehead atoms. The third kappa shape index (κ3) is 5.18. The minimum absolute atomic E-state index is 0.00670. The van der Waals surface area contributed by atoms with Crippen molar-refractivity contribution in [3.63, 3.8) is 0 Å². The summed E-state index contributed by atoms with van der Waals surface area (Å²) in [6.45, 7) is 1.89. The molecular formula is C22H21ClN2O4S. The van der Waals surface area contributed by atoms with E-state index in [1.54, 1.807) is 31.2 Å². The van der Waals surface area contributed by atoms with E-state index in [0.29, 0.717) is 22.0 Å². The van der Waals surface area contributed by atoms with Crippen LogP contribution in [-0.2, 0) is 16.6 Å². The molecule has 0 aromatic heterocycles. The number of sulfonamides is 1. The second kappa shape index (κ2) is 9.30. The minimum atomic E-state index is -3.80. The number of rotatable bonds is 7. The first-order valence-electron chi connectivity index (χ1n) is 9.09. The first-order valence-corrected chi connectivity index (χ1v) is 11.0. The van der Waals surface area contributed by atoms with Gasteiger partial charge >= 0.3 is 0 Å². The molecule has 0 fully saturated rings. The van der Waals surface area contributed by atoms with Crippen molar-refractivity contribution < 1.29 is 17.9 Å². The molecule has 156 valence electrons. The van der Waals surface area contributed by atoms with E-state index in [9.17, 15) is 13.2 Å². The van der Waals surface area contributed by atoms with E-state index in [1.807, 2.05) is 30.3 Å². The number of aryl methyl sites for hydroxylation is 1. The van der Waals surface area contributed by atoms with E-state index in [2.05, 4.69) is 10.0 Å². The van der Waals surface area contributed by atoms with Gasteiger partial charge in [0.25, 0.3) is 5.91 Å². The number of amides is 1. The van der Waals surface area contributed by atoms with Gasteiger partial charge in [0.05, 0.1) is 17.7 Å². The Hall–Kier alpha value is -2.87. The molecule has 0 aliphatic carbocycles. The minimum Gasteiger partial charge on any atom is -0.495 e. The Bertz CT molecular complexity index is 1170. The SMILES string of the molecule is COc1ccc(Cl)cc1NC(=O)c1cc(S(=O)(=O)NCc2ccccc2)ccc1C. The summed E-state index contributed by atoms with van der Waals surface area (Å²) in [7, 11) is -2.32. The summed E-state index contributed by atoms with van der Waals surface area (Å²) in [6.07, 6.45) is 0. The third-order valence-electron chi connectivity index (χ3n) is 4.48. The molecule has 30 heavy (non-hydrogen) atoms. The van der Waals surface area contributed by atoms with E-state index in [4.69, 9.17) is 16.3 Å². The molecule has 0 spiro atoms. The Morgan fingerprint density at radius 1 is 1.03 bits per heavy atom. The van der Waals surface area contributed by atoms with Crippen LogP contribution in [0.25, 0.3) is 0 Å². The van der Waals surface area contributed by atoms with Gasteiger partial charge < -0.3 is 10.1 Å². The molecule has 0 atom stereocenters. The summed E-state index contributed by atoms with van der Waals surface area (Å²) in [4.78, 5) is 12.9. The van der Waals surface area contributed by atoms with E-state index < -0.39 is 15.9 Å². The van der Waals surface area contributed by atoms with Gasteiger partial charge in [-0.3, -0.25) is 4.79 Å². The molecule has 3 rings (SSSR count). The summed E-state index contributed by atoms with van der Waals surface area (Å²) in [5.74, 6) is -0.0214. The van der Waals surface area contributed by atoms with Gasteiger partial charge in [-0.15, -0.1) is 0 Å². The van der Waals surface area contributed by atoms with E-state index >= 15 is 0 Å². The topological polar surface area (TPSA) is 84.5 Å². The Labute approximate surface area is 180 Å². The fourth-order valence-electron chi connectivity index (χ4n) is 2.84. The molecule has 0 saturated heterocycles. The highest BCUT2D eigenvalue weighted by molar-refractivity contribution is 7.89. The second-order valence-electron chi connectivity index (χ2n) is 6.59. The monoisotopic (exact) mass is 444 g/mol. The van der Waals surface area contributed by atoms with Gasteiger partial charge in [0.1, 0.15) is 5.75 Å². The van der Waals surface area contributed by atoms with Crippen molar-refractivity contribution in [3.8, 4) is 5.75 Å². The number of methoxy groups -OCH3 is 1. The molecule has 0 radical (unpaired) electrons. The molecule has 0 aliphatic rings. The van der Waals surface area contributed by atoms with Crippen molar-refractivity contribution in [2.75, 3.05) is 12.4 Å². The molecule has 3 aromatic rings. The molecule has 0 unspecified atom stereocenters. The summed E-state index contributed by atoms with van der Waals surface area (Å²) in [5, 5.41) is 3.17. The van der Waals surface area contributed by atoms with Crippen molar-refractivity contribution in [3.05, 3.63) is 88.4 Å². The highest BCUT2D eigenvalue weighted by Gasteiger charge is 2.19. The second-order valence-corrected chi connectivity index (χ2v) is 8.79. The highest BCUT2D eigenvalue weighted by atomic mass is 35.5. The first kappa shape index (κ1) is 21.8. The maximum Gasteiger partial charge on any atom is 0.256 e. The average Bonchev–Trinajstić information content (AvgIpc) is 2.73. The van der Waals surface area contributed by atoms with Crippen LogP contribution in [0.1, 0.15) is 21.5 Å². The standard InChI is InChI=1S/C22H21ClN2O4S/c1-15-8-10-18(30(27,28)24-14-16-6-4-3-5-7-16)13-19(15)22(26)25-20-12-17(23)9-11-21(20)29-2/h3-13,24H,14H2,1-2H3,(H,25,26). The fraction of sp³-hybridized carbons (Fsp3) is 0.136. The highest BCUT2D eigenvalue weighted by Crippen LogP contribution is 2.28.